The minimum absolute atomic E-state index is 0.100. The summed E-state index contributed by atoms with van der Waals surface area (Å²) >= 11 is 0. The molecule has 1 heterocycles. The quantitative estimate of drug-likeness (QED) is 0.375. The molecule has 0 bridgehead atoms. The van der Waals surface area contributed by atoms with Crippen molar-refractivity contribution in [3.63, 3.8) is 0 Å². The van der Waals surface area contributed by atoms with Gasteiger partial charge in [0.2, 0.25) is 0 Å². The van der Waals surface area contributed by atoms with Crippen LogP contribution in [0, 0.1) is 11.8 Å². The monoisotopic (exact) mass is 519 g/mol. The highest BCUT2D eigenvalue weighted by atomic mass is 16.5. The number of esters is 1. The maximum absolute atomic E-state index is 11.7. The number of fused-ring (bicyclic) bond motifs is 3. The van der Waals surface area contributed by atoms with E-state index in [4.69, 9.17) is 28.7 Å². The minimum atomic E-state index is -0.233. The summed E-state index contributed by atoms with van der Waals surface area (Å²) in [6.45, 7) is 2.94. The molecule has 3 unspecified atom stereocenters. The van der Waals surface area contributed by atoms with Crippen molar-refractivity contribution in [2.75, 3.05) is 27.4 Å². The number of hydrogen-bond donors (Lipinski definition) is 0. The largest absolute Gasteiger partial charge is 0.493 e. The lowest BCUT2D eigenvalue weighted by molar-refractivity contribution is -0.148. The van der Waals surface area contributed by atoms with Crippen molar-refractivity contribution in [3.05, 3.63) is 47.0 Å². The Morgan fingerprint density at radius 1 is 0.842 bits per heavy atom. The first-order valence-corrected chi connectivity index (χ1v) is 13.9. The number of hydrogen-bond acceptors (Lipinski definition) is 7. The zero-order chi connectivity index (χ0) is 26.2. The molecule has 2 aromatic carbocycles. The van der Waals surface area contributed by atoms with Gasteiger partial charge in [0.25, 0.3) is 0 Å². The predicted molar refractivity (Wildman–Crippen MR) is 144 cm³/mol. The van der Waals surface area contributed by atoms with Gasteiger partial charge in [-0.15, -0.1) is 0 Å². The van der Waals surface area contributed by atoms with Crippen LogP contribution in [0.4, 0.5) is 0 Å². The van der Waals surface area contributed by atoms with Gasteiger partial charge in [0.15, 0.2) is 23.0 Å². The molecule has 7 heteroatoms. The fraction of sp³-hybridized carbons (Fsp3) is 0.548. The van der Waals surface area contributed by atoms with Crippen LogP contribution in [-0.4, -0.2) is 51.3 Å². The second-order valence-electron chi connectivity index (χ2n) is 11.2. The highest BCUT2D eigenvalue weighted by molar-refractivity contribution is 6.15. The summed E-state index contributed by atoms with van der Waals surface area (Å²) in [5, 5.41) is 0. The molecule has 0 aromatic heterocycles. The van der Waals surface area contributed by atoms with Crippen LogP contribution in [0.25, 0.3) is 0 Å². The molecule has 3 saturated carbocycles. The summed E-state index contributed by atoms with van der Waals surface area (Å²) in [5.74, 6) is 4.18. The molecule has 0 saturated heterocycles. The summed E-state index contributed by atoms with van der Waals surface area (Å²) in [7, 11) is 3.31. The lowest BCUT2D eigenvalue weighted by Crippen LogP contribution is -2.36. The summed E-state index contributed by atoms with van der Waals surface area (Å²) in [5.41, 5.74) is 4.11. The maximum atomic E-state index is 11.7. The van der Waals surface area contributed by atoms with Gasteiger partial charge in [-0.2, -0.15) is 0 Å². The number of carbonyl (C=O) groups excluding carboxylic acids is 1. The number of methoxy groups -OCH3 is 2. The Morgan fingerprint density at radius 3 is 2.18 bits per heavy atom. The summed E-state index contributed by atoms with van der Waals surface area (Å²) < 4.78 is 29.4. The van der Waals surface area contributed by atoms with E-state index in [-0.39, 0.29) is 24.0 Å². The molecular formula is C31H37NO6. The lowest BCUT2D eigenvalue weighted by Gasteiger charge is -2.38. The van der Waals surface area contributed by atoms with Crippen LogP contribution in [0.1, 0.15) is 74.5 Å². The van der Waals surface area contributed by atoms with Crippen molar-refractivity contribution < 1.29 is 28.5 Å². The molecule has 0 amide bonds. The van der Waals surface area contributed by atoms with Gasteiger partial charge in [-0.05, 0) is 92.7 Å². The van der Waals surface area contributed by atoms with Crippen LogP contribution in [0.3, 0.4) is 0 Å². The van der Waals surface area contributed by atoms with Crippen LogP contribution in [0.15, 0.2) is 35.3 Å². The number of aliphatic imine (C=N–C) groups is 1. The first kappa shape index (κ1) is 25.1. The molecule has 4 aliphatic rings. The minimum Gasteiger partial charge on any atom is -0.493 e. The lowest BCUT2D eigenvalue weighted by atomic mass is 9.74. The van der Waals surface area contributed by atoms with Gasteiger partial charge in [-0.1, -0.05) is 0 Å². The highest BCUT2D eigenvalue weighted by Crippen LogP contribution is 2.46. The van der Waals surface area contributed by atoms with Gasteiger partial charge in [-0.3, -0.25) is 9.79 Å². The maximum Gasteiger partial charge on any atom is 0.302 e. The molecule has 0 N–H and O–H groups in total. The second-order valence-corrected chi connectivity index (χ2v) is 11.2. The van der Waals surface area contributed by atoms with E-state index in [1.165, 1.54) is 32.6 Å². The smallest absolute Gasteiger partial charge is 0.302 e. The Balaban J connectivity index is 1.38. The van der Waals surface area contributed by atoms with Crippen LogP contribution in [0.2, 0.25) is 0 Å². The Morgan fingerprint density at radius 2 is 1.53 bits per heavy atom. The van der Waals surface area contributed by atoms with Crippen molar-refractivity contribution in [2.45, 2.75) is 69.9 Å². The Bertz CT molecular complexity index is 1230. The Kier molecular flexibility index (Phi) is 6.93. The molecule has 2 aromatic rings. The van der Waals surface area contributed by atoms with E-state index in [2.05, 4.69) is 18.2 Å². The van der Waals surface area contributed by atoms with Gasteiger partial charge in [0, 0.05) is 24.0 Å². The number of benzene rings is 2. The van der Waals surface area contributed by atoms with E-state index in [1.54, 1.807) is 14.2 Å². The predicted octanol–water partition coefficient (Wildman–Crippen LogP) is 5.70. The van der Waals surface area contributed by atoms with E-state index in [0.717, 1.165) is 66.4 Å². The molecule has 6 rings (SSSR count). The molecule has 38 heavy (non-hydrogen) atoms. The van der Waals surface area contributed by atoms with E-state index in [9.17, 15) is 4.79 Å². The molecule has 7 nitrogen and oxygen atoms in total. The van der Waals surface area contributed by atoms with Crippen molar-refractivity contribution in [2.24, 2.45) is 16.8 Å². The molecule has 3 atom stereocenters. The summed E-state index contributed by atoms with van der Waals surface area (Å²) in [4.78, 5) is 17.0. The fourth-order valence-electron chi connectivity index (χ4n) is 5.69. The topological polar surface area (TPSA) is 75.6 Å². The zero-order valence-corrected chi connectivity index (χ0v) is 22.5. The van der Waals surface area contributed by atoms with Crippen molar-refractivity contribution in [3.8, 4) is 23.0 Å². The summed E-state index contributed by atoms with van der Waals surface area (Å²) in [6, 6.07) is 10.4. The molecule has 0 spiro atoms. The molecule has 202 valence electrons. The number of carbonyl (C=O) groups is 1. The first-order chi connectivity index (χ1) is 18.5. The van der Waals surface area contributed by atoms with E-state index in [1.807, 2.05) is 12.1 Å². The van der Waals surface area contributed by atoms with Crippen LogP contribution < -0.4 is 18.9 Å². The number of nitrogens with zero attached hydrogens (tertiary/aromatic N) is 1. The first-order valence-electron chi connectivity index (χ1n) is 13.9. The van der Waals surface area contributed by atoms with Gasteiger partial charge in [-0.25, -0.2) is 0 Å². The standard InChI is InChI=1S/C31H37NO6/c1-18(33)38-22-9-10-26-24(13-22)23-14-28(34-2)29(35-3)15-25(23)31(32-26)21-8-11-27(36-16-19-4-5-19)30(12-21)37-17-20-6-7-20/h8,11-12,14-15,19-20,22,24,26H,4-7,9-10,13,16-17H2,1-3H3. The average molecular weight is 520 g/mol. The summed E-state index contributed by atoms with van der Waals surface area (Å²) in [6.07, 6.45) is 7.27. The Labute approximate surface area is 224 Å². The van der Waals surface area contributed by atoms with Gasteiger partial charge >= 0.3 is 5.97 Å². The van der Waals surface area contributed by atoms with Crippen LogP contribution >= 0.6 is 0 Å². The van der Waals surface area contributed by atoms with E-state index >= 15 is 0 Å². The van der Waals surface area contributed by atoms with Gasteiger partial charge < -0.3 is 23.7 Å². The normalized spacial score (nSPS) is 24.0. The molecule has 0 radical (unpaired) electrons. The molecule has 3 fully saturated rings. The van der Waals surface area contributed by atoms with Crippen molar-refractivity contribution in [1.29, 1.82) is 0 Å². The third-order valence-corrected chi connectivity index (χ3v) is 8.16. The highest BCUT2D eigenvalue weighted by Gasteiger charge is 2.39. The van der Waals surface area contributed by atoms with E-state index < -0.39 is 0 Å². The third-order valence-electron chi connectivity index (χ3n) is 8.16. The van der Waals surface area contributed by atoms with Crippen LogP contribution in [0.5, 0.6) is 23.0 Å². The molecule has 3 aliphatic carbocycles. The van der Waals surface area contributed by atoms with Gasteiger partial charge in [0.05, 0.1) is 39.2 Å². The van der Waals surface area contributed by atoms with Gasteiger partial charge in [0.1, 0.15) is 6.10 Å². The average Bonchev–Trinajstić information content (AvgIpc) is 3.85. The SMILES string of the molecule is COc1cc2c(cc1OC)C1CC(OC(C)=O)CCC1N=C2c1ccc(OCC2CC2)c(OCC2CC2)c1. The fourth-order valence-corrected chi connectivity index (χ4v) is 5.69. The Hall–Kier alpha value is -3.22. The number of rotatable bonds is 10. The van der Waals surface area contributed by atoms with Crippen molar-refractivity contribution >= 4 is 11.7 Å². The zero-order valence-electron chi connectivity index (χ0n) is 22.5. The second kappa shape index (κ2) is 10.5. The third kappa shape index (κ3) is 5.33. The van der Waals surface area contributed by atoms with Crippen LogP contribution in [-0.2, 0) is 9.53 Å². The molecule has 1 aliphatic heterocycles. The van der Waals surface area contributed by atoms with E-state index in [0.29, 0.717) is 23.3 Å². The van der Waals surface area contributed by atoms with Crippen molar-refractivity contribution in [1.82, 2.24) is 0 Å². The molecular weight excluding hydrogens is 482 g/mol. The number of ether oxygens (including phenoxy) is 5.